The predicted octanol–water partition coefficient (Wildman–Crippen LogP) is 1.97. The van der Waals surface area contributed by atoms with Crippen molar-refractivity contribution in [3.63, 3.8) is 0 Å². The molecule has 0 unspecified atom stereocenters. The molecule has 0 bridgehead atoms. The fourth-order valence-corrected chi connectivity index (χ4v) is 5.12. The van der Waals surface area contributed by atoms with Crippen molar-refractivity contribution in [2.75, 3.05) is 39.4 Å². The Balaban J connectivity index is 1.46. The summed E-state index contributed by atoms with van der Waals surface area (Å²) in [5, 5.41) is 17.5. The summed E-state index contributed by atoms with van der Waals surface area (Å²) < 4.78 is 10.8. The van der Waals surface area contributed by atoms with Gasteiger partial charge in [0, 0.05) is 50.9 Å². The van der Waals surface area contributed by atoms with Crippen molar-refractivity contribution in [1.82, 2.24) is 25.4 Å². The van der Waals surface area contributed by atoms with Crippen LogP contribution < -0.4 is 10.6 Å². The number of piperazine rings is 1. The molecule has 2 fully saturated rings. The molecule has 0 spiro atoms. The van der Waals surface area contributed by atoms with Gasteiger partial charge in [0.2, 0.25) is 5.91 Å². The van der Waals surface area contributed by atoms with E-state index in [2.05, 4.69) is 20.5 Å². The Morgan fingerprint density at radius 2 is 1.93 bits per heavy atom. The molecular formula is C30H43N5O5. The third-order valence-corrected chi connectivity index (χ3v) is 7.14. The van der Waals surface area contributed by atoms with Crippen molar-refractivity contribution in [3.05, 3.63) is 66.0 Å². The number of aliphatic hydroxyl groups is 1. The molecule has 2 aromatic rings. The lowest BCUT2D eigenvalue weighted by Gasteiger charge is -2.42. The summed E-state index contributed by atoms with van der Waals surface area (Å²) in [6.45, 7) is 9.52. The highest BCUT2D eigenvalue weighted by Crippen LogP contribution is 2.17. The molecule has 4 atom stereocenters. The summed E-state index contributed by atoms with van der Waals surface area (Å²) in [5.41, 5.74) is 1.54. The summed E-state index contributed by atoms with van der Waals surface area (Å²) in [6.07, 6.45) is 1.07. The van der Waals surface area contributed by atoms with Crippen molar-refractivity contribution in [2.24, 2.45) is 0 Å². The van der Waals surface area contributed by atoms with E-state index in [1.165, 1.54) is 0 Å². The van der Waals surface area contributed by atoms with Gasteiger partial charge in [0.1, 0.15) is 12.1 Å². The van der Waals surface area contributed by atoms with Crippen molar-refractivity contribution >= 4 is 12.0 Å². The Morgan fingerprint density at radius 1 is 1.15 bits per heavy atom. The van der Waals surface area contributed by atoms with Crippen LogP contribution in [0.1, 0.15) is 38.4 Å². The number of ether oxygens (including phenoxy) is 2. The first-order valence-electron chi connectivity index (χ1n) is 14.1. The fourth-order valence-electron chi connectivity index (χ4n) is 5.12. The first kappa shape index (κ1) is 29.9. The zero-order chi connectivity index (χ0) is 28.5. The largest absolute Gasteiger partial charge is 0.444 e. The molecule has 0 aliphatic carbocycles. The van der Waals surface area contributed by atoms with E-state index in [0.29, 0.717) is 45.7 Å². The number of hydrogen-bond donors (Lipinski definition) is 3. The standard InChI is InChI=1S/C30H43N5O5/c1-30(2,3)33-28(37)26-19-34(18-23-11-7-8-13-31-23)14-15-35(26)20-27(36)25(17-22-9-5-4-6-10-22)32-29(38)40-24-12-16-39-21-24/h4-11,13,24-27,36H,12,14-21H2,1-3H3,(H,32,38)(H,33,37)/t24-,25-,26-,27+/m0/s1. The SMILES string of the molecule is CC(C)(C)NC(=O)[C@@H]1CN(Cc2ccccn2)CCN1C[C@@H](O)[C@H](Cc1ccccc1)NC(=O)O[C@H]1CCOC1. The van der Waals surface area contributed by atoms with Crippen LogP contribution in [0.2, 0.25) is 0 Å². The second-order valence-electron chi connectivity index (χ2n) is 11.7. The molecule has 4 rings (SSSR count). The van der Waals surface area contributed by atoms with Gasteiger partial charge in [-0.3, -0.25) is 19.6 Å². The van der Waals surface area contributed by atoms with Gasteiger partial charge >= 0.3 is 6.09 Å². The number of carbonyl (C=O) groups excluding carboxylic acids is 2. The van der Waals surface area contributed by atoms with Gasteiger partial charge in [0.05, 0.1) is 31.1 Å². The molecule has 1 aromatic heterocycles. The molecule has 3 N–H and O–H groups in total. The number of carbonyl (C=O) groups is 2. The topological polar surface area (TPSA) is 116 Å². The van der Waals surface area contributed by atoms with Gasteiger partial charge in [0.15, 0.2) is 0 Å². The molecule has 1 aromatic carbocycles. The number of amides is 2. The number of pyridine rings is 1. The van der Waals surface area contributed by atoms with Gasteiger partial charge in [-0.25, -0.2) is 4.79 Å². The Hall–Kier alpha value is -3.05. The number of β-amino-alcohol motifs (C(OH)–C–C–N with tert-alkyl or cyclic N) is 1. The lowest BCUT2D eigenvalue weighted by atomic mass is 9.99. The fraction of sp³-hybridized carbons (Fsp3) is 0.567. The van der Waals surface area contributed by atoms with Crippen LogP contribution in [0.3, 0.4) is 0 Å². The Bertz CT molecular complexity index is 1070. The van der Waals surface area contributed by atoms with E-state index >= 15 is 0 Å². The first-order chi connectivity index (χ1) is 19.2. The number of benzene rings is 1. The van der Waals surface area contributed by atoms with E-state index < -0.39 is 29.8 Å². The molecule has 218 valence electrons. The van der Waals surface area contributed by atoms with E-state index in [4.69, 9.17) is 9.47 Å². The maximum absolute atomic E-state index is 13.5. The van der Waals surface area contributed by atoms with Gasteiger partial charge in [-0.1, -0.05) is 36.4 Å². The highest BCUT2D eigenvalue weighted by molar-refractivity contribution is 5.82. The van der Waals surface area contributed by atoms with E-state index in [0.717, 1.165) is 17.8 Å². The molecule has 2 aliphatic rings. The van der Waals surface area contributed by atoms with Crippen LogP contribution in [0, 0.1) is 0 Å². The van der Waals surface area contributed by atoms with Crippen LogP contribution >= 0.6 is 0 Å². The number of rotatable bonds is 10. The Morgan fingerprint density at radius 3 is 2.60 bits per heavy atom. The van der Waals surface area contributed by atoms with Crippen LogP contribution in [0.15, 0.2) is 54.7 Å². The van der Waals surface area contributed by atoms with Crippen molar-refractivity contribution in [2.45, 2.75) is 70.0 Å². The van der Waals surface area contributed by atoms with Crippen LogP contribution in [0.5, 0.6) is 0 Å². The van der Waals surface area contributed by atoms with Gasteiger partial charge in [0.25, 0.3) is 0 Å². The van der Waals surface area contributed by atoms with Crippen molar-refractivity contribution in [3.8, 4) is 0 Å². The van der Waals surface area contributed by atoms with Gasteiger partial charge in [-0.2, -0.15) is 0 Å². The summed E-state index contributed by atoms with van der Waals surface area (Å²) in [4.78, 5) is 34.9. The normalized spacial score (nSPS) is 21.9. The molecule has 2 aliphatic heterocycles. The highest BCUT2D eigenvalue weighted by Gasteiger charge is 2.36. The average Bonchev–Trinajstić information content (AvgIpc) is 3.42. The average molecular weight is 554 g/mol. The van der Waals surface area contributed by atoms with Gasteiger partial charge in [-0.15, -0.1) is 0 Å². The van der Waals surface area contributed by atoms with Crippen LogP contribution in [0.4, 0.5) is 4.79 Å². The molecule has 3 heterocycles. The minimum Gasteiger partial charge on any atom is -0.444 e. The minimum atomic E-state index is -0.931. The summed E-state index contributed by atoms with van der Waals surface area (Å²) in [6, 6.07) is 14.5. The zero-order valence-corrected chi connectivity index (χ0v) is 23.8. The number of alkyl carbamates (subject to hydrolysis) is 1. The second kappa shape index (κ2) is 14.0. The molecule has 10 heteroatoms. The van der Waals surface area contributed by atoms with Gasteiger partial charge < -0.3 is 25.2 Å². The van der Waals surface area contributed by atoms with Crippen LogP contribution in [-0.2, 0) is 27.2 Å². The first-order valence-corrected chi connectivity index (χ1v) is 14.1. The molecule has 40 heavy (non-hydrogen) atoms. The predicted molar refractivity (Wildman–Crippen MR) is 152 cm³/mol. The number of nitrogens with one attached hydrogen (secondary N) is 2. The van der Waals surface area contributed by atoms with Crippen molar-refractivity contribution < 1.29 is 24.2 Å². The van der Waals surface area contributed by atoms with Gasteiger partial charge in [-0.05, 0) is 44.9 Å². The maximum Gasteiger partial charge on any atom is 0.407 e. The lowest BCUT2D eigenvalue weighted by Crippen LogP contribution is -2.63. The third kappa shape index (κ3) is 9.26. The lowest BCUT2D eigenvalue weighted by molar-refractivity contribution is -0.131. The van der Waals surface area contributed by atoms with E-state index in [9.17, 15) is 14.7 Å². The van der Waals surface area contributed by atoms with E-state index in [1.54, 1.807) is 6.20 Å². The summed E-state index contributed by atoms with van der Waals surface area (Å²) in [7, 11) is 0. The Labute approximate surface area is 237 Å². The van der Waals surface area contributed by atoms with Crippen LogP contribution in [-0.4, -0.2) is 101 Å². The quantitative estimate of drug-likeness (QED) is 0.409. The molecule has 2 saturated heterocycles. The van der Waals surface area contributed by atoms with Crippen LogP contribution in [0.25, 0.3) is 0 Å². The maximum atomic E-state index is 13.5. The molecule has 2 amide bonds. The molecule has 10 nitrogen and oxygen atoms in total. The number of nitrogens with zero attached hydrogens (tertiary/aromatic N) is 3. The third-order valence-electron chi connectivity index (χ3n) is 7.14. The zero-order valence-electron chi connectivity index (χ0n) is 23.8. The monoisotopic (exact) mass is 553 g/mol. The van der Waals surface area contributed by atoms with E-state index in [1.807, 2.05) is 74.2 Å². The minimum absolute atomic E-state index is 0.0846. The summed E-state index contributed by atoms with van der Waals surface area (Å²) in [5.74, 6) is -0.0846. The highest BCUT2D eigenvalue weighted by atomic mass is 16.6. The number of aromatic nitrogens is 1. The number of aliphatic hydroxyl groups excluding tert-OH is 1. The number of hydrogen-bond acceptors (Lipinski definition) is 8. The summed E-state index contributed by atoms with van der Waals surface area (Å²) >= 11 is 0. The molecule has 0 radical (unpaired) electrons. The Kier molecular flexibility index (Phi) is 10.5. The van der Waals surface area contributed by atoms with Crippen molar-refractivity contribution in [1.29, 1.82) is 0 Å². The van der Waals surface area contributed by atoms with E-state index in [-0.39, 0.29) is 18.6 Å². The second-order valence-corrected chi connectivity index (χ2v) is 11.7. The molecule has 0 saturated carbocycles. The molecular weight excluding hydrogens is 510 g/mol. The smallest absolute Gasteiger partial charge is 0.407 e.